The van der Waals surface area contributed by atoms with Gasteiger partial charge in [0.05, 0.1) is 12.7 Å². The van der Waals surface area contributed by atoms with Crippen molar-refractivity contribution in [3.05, 3.63) is 11.6 Å². The molecule has 0 aliphatic rings. The molecule has 0 aromatic heterocycles. The summed E-state index contributed by atoms with van der Waals surface area (Å²) in [5.74, 6) is 0. The van der Waals surface area contributed by atoms with Gasteiger partial charge in [-0.1, -0.05) is 46.6 Å². The number of rotatable bonds is 7. The highest BCUT2D eigenvalue weighted by Crippen LogP contribution is 2.38. The molecule has 108 valence electrons. The van der Waals surface area contributed by atoms with Crippen LogP contribution in [0.3, 0.4) is 0 Å². The molecule has 2 nitrogen and oxygen atoms in total. The maximum atomic E-state index is 9.15. The molecule has 3 heteroatoms. The average molecular weight is 273 g/mol. The Labute approximate surface area is 115 Å². The molecule has 0 aromatic carbocycles. The lowest BCUT2D eigenvalue weighted by Crippen LogP contribution is -2.43. The van der Waals surface area contributed by atoms with Gasteiger partial charge in [0.15, 0.2) is 8.32 Å². The Balaban J connectivity index is 4.78. The standard InChI is InChI=1S/C15H32O2Si/c1-8-9-10-14(11-13(2)12-16)17-18(6,7)15(3,4)5/h11,14,16H,8-10,12H2,1-7H3/b13-11+/t14-/m1/s1. The molecule has 1 N–H and O–H groups in total. The number of aliphatic hydroxyl groups is 1. The molecule has 0 aliphatic heterocycles. The van der Waals surface area contributed by atoms with E-state index in [4.69, 9.17) is 9.53 Å². The average Bonchev–Trinajstić information content (AvgIpc) is 2.23. The van der Waals surface area contributed by atoms with E-state index in [9.17, 15) is 0 Å². The van der Waals surface area contributed by atoms with Gasteiger partial charge in [-0.3, -0.25) is 0 Å². The van der Waals surface area contributed by atoms with Crippen LogP contribution < -0.4 is 0 Å². The number of aliphatic hydroxyl groups excluding tert-OH is 1. The van der Waals surface area contributed by atoms with E-state index in [-0.39, 0.29) is 17.7 Å². The lowest BCUT2D eigenvalue weighted by atomic mass is 10.1. The Hall–Kier alpha value is -0.123. The largest absolute Gasteiger partial charge is 0.411 e. The summed E-state index contributed by atoms with van der Waals surface area (Å²) in [5, 5.41) is 9.39. The molecule has 1 atom stereocenters. The van der Waals surface area contributed by atoms with Gasteiger partial charge in [0.1, 0.15) is 0 Å². The van der Waals surface area contributed by atoms with Gasteiger partial charge in [-0.2, -0.15) is 0 Å². The second-order valence-electron chi connectivity index (χ2n) is 6.73. The van der Waals surface area contributed by atoms with Crippen LogP contribution in [0.5, 0.6) is 0 Å². The minimum absolute atomic E-state index is 0.128. The highest BCUT2D eigenvalue weighted by atomic mass is 28.4. The van der Waals surface area contributed by atoms with Crippen molar-refractivity contribution in [3.8, 4) is 0 Å². The van der Waals surface area contributed by atoms with Gasteiger partial charge in [-0.25, -0.2) is 0 Å². The van der Waals surface area contributed by atoms with Gasteiger partial charge in [0, 0.05) is 0 Å². The van der Waals surface area contributed by atoms with Crippen LogP contribution in [0, 0.1) is 0 Å². The van der Waals surface area contributed by atoms with Crippen LogP contribution in [-0.2, 0) is 4.43 Å². The Morgan fingerprint density at radius 3 is 2.28 bits per heavy atom. The van der Waals surface area contributed by atoms with Crippen LogP contribution in [0.15, 0.2) is 11.6 Å². The Kier molecular flexibility index (Phi) is 7.41. The molecule has 0 rings (SSSR count). The lowest BCUT2D eigenvalue weighted by molar-refractivity contribution is 0.209. The summed E-state index contributed by atoms with van der Waals surface area (Å²) >= 11 is 0. The lowest BCUT2D eigenvalue weighted by Gasteiger charge is -2.38. The Morgan fingerprint density at radius 2 is 1.89 bits per heavy atom. The van der Waals surface area contributed by atoms with Crippen molar-refractivity contribution >= 4 is 8.32 Å². The molecule has 0 aromatic rings. The molecule has 0 unspecified atom stereocenters. The van der Waals surface area contributed by atoms with Crippen LogP contribution in [0.1, 0.15) is 53.9 Å². The van der Waals surface area contributed by atoms with Gasteiger partial charge < -0.3 is 9.53 Å². The smallest absolute Gasteiger partial charge is 0.192 e. The minimum Gasteiger partial charge on any atom is -0.411 e. The van der Waals surface area contributed by atoms with Crippen LogP contribution in [0.25, 0.3) is 0 Å². The van der Waals surface area contributed by atoms with Gasteiger partial charge in [0.25, 0.3) is 0 Å². The van der Waals surface area contributed by atoms with Crippen molar-refractivity contribution in [2.45, 2.75) is 78.1 Å². The normalized spacial score (nSPS) is 15.9. The molecule has 0 heterocycles. The van der Waals surface area contributed by atoms with Crippen molar-refractivity contribution in [2.75, 3.05) is 6.61 Å². The van der Waals surface area contributed by atoms with Crippen LogP contribution in [0.4, 0.5) is 0 Å². The Morgan fingerprint density at radius 1 is 1.33 bits per heavy atom. The molecule has 0 radical (unpaired) electrons. The van der Waals surface area contributed by atoms with Crippen LogP contribution in [-0.4, -0.2) is 26.1 Å². The number of hydrogen-bond acceptors (Lipinski definition) is 2. The monoisotopic (exact) mass is 272 g/mol. The van der Waals surface area contributed by atoms with Gasteiger partial charge in [0.2, 0.25) is 0 Å². The third-order valence-corrected chi connectivity index (χ3v) is 8.32. The van der Waals surface area contributed by atoms with E-state index in [0.29, 0.717) is 0 Å². The summed E-state index contributed by atoms with van der Waals surface area (Å²) in [5.41, 5.74) is 1.01. The first-order valence-electron chi connectivity index (χ1n) is 7.10. The second-order valence-corrected chi connectivity index (χ2v) is 11.5. The summed E-state index contributed by atoms with van der Waals surface area (Å²) < 4.78 is 6.43. The van der Waals surface area contributed by atoms with Crippen LogP contribution in [0.2, 0.25) is 18.1 Å². The molecule has 0 amide bonds. The molecule has 0 spiro atoms. The first-order valence-corrected chi connectivity index (χ1v) is 10.0. The van der Waals surface area contributed by atoms with Crippen molar-refractivity contribution in [3.63, 3.8) is 0 Å². The zero-order chi connectivity index (χ0) is 14.4. The minimum atomic E-state index is -1.72. The third-order valence-electron chi connectivity index (χ3n) is 3.81. The van der Waals surface area contributed by atoms with E-state index in [0.717, 1.165) is 12.0 Å². The van der Waals surface area contributed by atoms with E-state index in [2.05, 4.69) is 46.9 Å². The zero-order valence-electron chi connectivity index (χ0n) is 13.3. The summed E-state index contributed by atoms with van der Waals surface area (Å²) in [6.07, 6.45) is 5.69. The Bertz CT molecular complexity index is 264. The molecule has 0 aliphatic carbocycles. The highest BCUT2D eigenvalue weighted by molar-refractivity contribution is 6.74. The van der Waals surface area contributed by atoms with Gasteiger partial charge in [-0.05, 0) is 37.0 Å². The molecule has 0 saturated carbocycles. The van der Waals surface area contributed by atoms with E-state index in [1.165, 1.54) is 12.8 Å². The van der Waals surface area contributed by atoms with Gasteiger partial charge in [-0.15, -0.1) is 0 Å². The molecular formula is C15H32O2Si. The second kappa shape index (κ2) is 7.46. The van der Waals surface area contributed by atoms with Crippen LogP contribution >= 0.6 is 0 Å². The maximum absolute atomic E-state index is 9.15. The topological polar surface area (TPSA) is 29.5 Å². The predicted octanol–water partition coefficient (Wildman–Crippen LogP) is 4.51. The van der Waals surface area contributed by atoms with Crippen molar-refractivity contribution in [1.82, 2.24) is 0 Å². The first kappa shape index (κ1) is 17.9. The van der Waals surface area contributed by atoms with Gasteiger partial charge >= 0.3 is 0 Å². The SMILES string of the molecule is CCCC[C@H](/C=C(\C)CO)O[Si](C)(C)C(C)(C)C. The molecule has 0 saturated heterocycles. The molecule has 18 heavy (non-hydrogen) atoms. The van der Waals surface area contributed by atoms with E-state index in [1.54, 1.807) is 0 Å². The number of unbranched alkanes of at least 4 members (excludes halogenated alkanes) is 1. The third kappa shape index (κ3) is 6.16. The number of hydrogen-bond donors (Lipinski definition) is 1. The first-order chi connectivity index (χ1) is 8.14. The fraction of sp³-hybridized carbons (Fsp3) is 0.867. The van der Waals surface area contributed by atoms with Crippen molar-refractivity contribution in [2.24, 2.45) is 0 Å². The summed E-state index contributed by atoms with van der Waals surface area (Å²) in [7, 11) is -1.72. The predicted molar refractivity (Wildman–Crippen MR) is 82.4 cm³/mol. The van der Waals surface area contributed by atoms with Crippen molar-refractivity contribution < 1.29 is 9.53 Å². The molecular weight excluding hydrogens is 240 g/mol. The molecule has 0 fully saturated rings. The zero-order valence-corrected chi connectivity index (χ0v) is 14.3. The fourth-order valence-electron chi connectivity index (χ4n) is 1.51. The van der Waals surface area contributed by atoms with Crippen molar-refractivity contribution in [1.29, 1.82) is 0 Å². The summed E-state index contributed by atoms with van der Waals surface area (Å²) in [6.45, 7) is 15.7. The maximum Gasteiger partial charge on any atom is 0.192 e. The molecule has 0 bridgehead atoms. The summed E-state index contributed by atoms with van der Waals surface area (Å²) in [4.78, 5) is 0. The van der Waals surface area contributed by atoms with E-state index in [1.807, 2.05) is 6.92 Å². The van der Waals surface area contributed by atoms with E-state index >= 15 is 0 Å². The quantitative estimate of drug-likeness (QED) is 0.546. The fourth-order valence-corrected chi connectivity index (χ4v) is 2.80. The highest BCUT2D eigenvalue weighted by Gasteiger charge is 2.38. The van der Waals surface area contributed by atoms with E-state index < -0.39 is 8.32 Å². The summed E-state index contributed by atoms with van der Waals surface area (Å²) in [6, 6.07) is 0.